The summed E-state index contributed by atoms with van der Waals surface area (Å²) >= 11 is 0. The molecule has 3 aromatic rings. The number of anilines is 2. The van der Waals surface area contributed by atoms with Crippen LogP contribution in [0.3, 0.4) is 0 Å². The van der Waals surface area contributed by atoms with E-state index in [1.807, 2.05) is 6.92 Å². The van der Waals surface area contributed by atoms with Crippen molar-refractivity contribution in [3.63, 3.8) is 0 Å². The fourth-order valence-corrected chi connectivity index (χ4v) is 4.28. The number of nitrogen functional groups attached to an aromatic ring is 1. The van der Waals surface area contributed by atoms with Crippen molar-refractivity contribution in [1.29, 1.82) is 0 Å². The van der Waals surface area contributed by atoms with Gasteiger partial charge in [0.05, 0.1) is 17.0 Å². The predicted molar refractivity (Wildman–Crippen MR) is 131 cm³/mol. The quantitative estimate of drug-likeness (QED) is 0.356. The first-order valence-corrected chi connectivity index (χ1v) is 11.6. The van der Waals surface area contributed by atoms with Gasteiger partial charge < -0.3 is 21.5 Å². The summed E-state index contributed by atoms with van der Waals surface area (Å²) in [6.45, 7) is 3.87. The van der Waals surface area contributed by atoms with E-state index < -0.39 is 9.84 Å². The zero-order valence-corrected chi connectivity index (χ0v) is 20.0. The Kier molecular flexibility index (Phi) is 8.67. The largest absolute Gasteiger partial charge is 0.505 e. The zero-order chi connectivity index (χ0) is 23.3. The molecular weight excluding hydrogens is 464 g/mol. The molecule has 0 unspecified atom stereocenters. The van der Waals surface area contributed by atoms with Crippen LogP contribution in [0.5, 0.6) is 5.75 Å². The second-order valence-electron chi connectivity index (χ2n) is 7.44. The summed E-state index contributed by atoms with van der Waals surface area (Å²) in [6, 6.07) is 14.9. The monoisotopic (exact) mass is 490 g/mol. The molecule has 0 radical (unpaired) electrons. The Morgan fingerprint density at radius 3 is 2.42 bits per heavy atom. The number of rotatable bonds is 8. The number of aromatic hydroxyl groups is 1. The Balaban J connectivity index is 0.00000385. The van der Waals surface area contributed by atoms with Gasteiger partial charge in [0.25, 0.3) is 0 Å². The highest BCUT2D eigenvalue weighted by Crippen LogP contribution is 2.31. The smallest absolute Gasteiger partial charge is 0.224 e. The number of hydrogen-bond donors (Lipinski definition) is 4. The SMILES string of the molecule is Cc1ccc(NCS(=O)(=O)c2ccccc2)c(O)c1CC(=O)NCc1ccc(N)nc1C.Cl. The van der Waals surface area contributed by atoms with Gasteiger partial charge in [-0.2, -0.15) is 0 Å². The molecule has 0 aliphatic carbocycles. The molecule has 1 aromatic heterocycles. The minimum atomic E-state index is -3.58. The Bertz CT molecular complexity index is 1230. The molecule has 1 amide bonds. The minimum Gasteiger partial charge on any atom is -0.505 e. The molecule has 3 rings (SSSR count). The number of nitrogens with two attached hydrogens (primary N) is 1. The van der Waals surface area contributed by atoms with Crippen LogP contribution >= 0.6 is 12.4 Å². The van der Waals surface area contributed by atoms with Gasteiger partial charge in [0, 0.05) is 17.8 Å². The van der Waals surface area contributed by atoms with E-state index in [0.29, 0.717) is 11.4 Å². The van der Waals surface area contributed by atoms with Crippen LogP contribution in [0.15, 0.2) is 59.5 Å². The minimum absolute atomic E-state index is 0. The number of aryl methyl sites for hydroxylation is 2. The summed E-state index contributed by atoms with van der Waals surface area (Å²) < 4.78 is 25.0. The molecule has 8 nitrogen and oxygen atoms in total. The molecule has 5 N–H and O–H groups in total. The van der Waals surface area contributed by atoms with Crippen molar-refractivity contribution >= 4 is 39.7 Å². The van der Waals surface area contributed by atoms with E-state index in [0.717, 1.165) is 16.8 Å². The van der Waals surface area contributed by atoms with E-state index in [-0.39, 0.29) is 53.5 Å². The number of hydrogen-bond acceptors (Lipinski definition) is 7. The number of nitrogens with one attached hydrogen (secondary N) is 2. The van der Waals surface area contributed by atoms with Gasteiger partial charge in [-0.05, 0) is 49.2 Å². The summed E-state index contributed by atoms with van der Waals surface area (Å²) in [5, 5.41) is 16.3. The number of halogens is 1. The van der Waals surface area contributed by atoms with Gasteiger partial charge in [0.15, 0.2) is 9.84 Å². The molecule has 176 valence electrons. The van der Waals surface area contributed by atoms with Crippen LogP contribution in [0, 0.1) is 13.8 Å². The fraction of sp³-hybridized carbons (Fsp3) is 0.217. The number of nitrogens with zero attached hydrogens (tertiary/aromatic N) is 1. The molecule has 0 saturated carbocycles. The lowest BCUT2D eigenvalue weighted by molar-refractivity contribution is -0.120. The molecule has 1 heterocycles. The van der Waals surface area contributed by atoms with E-state index in [9.17, 15) is 18.3 Å². The summed E-state index contributed by atoms with van der Waals surface area (Å²) in [5.74, 6) is -0.401. The zero-order valence-electron chi connectivity index (χ0n) is 18.3. The molecule has 10 heteroatoms. The number of amides is 1. The average Bonchev–Trinajstić information content (AvgIpc) is 2.76. The van der Waals surface area contributed by atoms with Crippen molar-refractivity contribution in [3.8, 4) is 5.75 Å². The molecule has 0 aliphatic heterocycles. The van der Waals surface area contributed by atoms with Crippen molar-refractivity contribution in [3.05, 3.63) is 77.0 Å². The lowest BCUT2D eigenvalue weighted by Crippen LogP contribution is -2.25. The third kappa shape index (κ3) is 6.59. The number of pyridine rings is 1. The number of carbonyl (C=O) groups excluding carboxylic acids is 1. The van der Waals surface area contributed by atoms with Crippen LogP contribution in [0.1, 0.15) is 22.4 Å². The molecule has 2 aromatic carbocycles. The first kappa shape index (κ1) is 26.0. The summed E-state index contributed by atoms with van der Waals surface area (Å²) in [5.41, 5.74) is 8.62. The van der Waals surface area contributed by atoms with E-state index in [4.69, 9.17) is 5.73 Å². The molecule has 0 bridgehead atoms. The second-order valence-corrected chi connectivity index (χ2v) is 9.43. The summed E-state index contributed by atoms with van der Waals surface area (Å²) in [7, 11) is -3.58. The first-order chi connectivity index (χ1) is 15.2. The maximum Gasteiger partial charge on any atom is 0.224 e. The highest BCUT2D eigenvalue weighted by molar-refractivity contribution is 7.91. The van der Waals surface area contributed by atoms with Crippen molar-refractivity contribution < 1.29 is 18.3 Å². The van der Waals surface area contributed by atoms with Crippen LogP contribution in [0.4, 0.5) is 11.5 Å². The fourth-order valence-electron chi connectivity index (χ4n) is 3.20. The molecule has 0 spiro atoms. The molecule has 0 aliphatic rings. The number of aromatic nitrogens is 1. The van der Waals surface area contributed by atoms with Crippen LogP contribution in [-0.4, -0.2) is 30.3 Å². The molecule has 0 fully saturated rings. The van der Waals surface area contributed by atoms with Crippen LogP contribution in [-0.2, 0) is 27.6 Å². The van der Waals surface area contributed by atoms with Crippen LogP contribution < -0.4 is 16.4 Å². The van der Waals surface area contributed by atoms with Gasteiger partial charge in [-0.1, -0.05) is 30.3 Å². The number of benzene rings is 2. The Morgan fingerprint density at radius 2 is 1.76 bits per heavy atom. The van der Waals surface area contributed by atoms with Gasteiger partial charge in [0.1, 0.15) is 17.4 Å². The number of phenolic OH excluding ortho intramolecular Hbond substituents is 1. The average molecular weight is 491 g/mol. The second kappa shape index (κ2) is 11.0. The standard InChI is InChI=1S/C23H26N4O4S.ClH/c1-15-8-10-20(26-14-32(30,31)18-6-4-3-5-7-18)23(29)19(15)12-22(28)25-13-17-9-11-21(24)27-16(17)2;/h3-11,26,29H,12-14H2,1-2H3,(H2,24,27)(H,25,28);1H. The maximum absolute atomic E-state index is 12.5. The number of carbonyl (C=O) groups is 1. The lowest BCUT2D eigenvalue weighted by atomic mass is 10.0. The predicted octanol–water partition coefficient (Wildman–Crippen LogP) is 3.11. The van der Waals surface area contributed by atoms with Crippen molar-refractivity contribution in [1.82, 2.24) is 10.3 Å². The van der Waals surface area contributed by atoms with E-state index >= 15 is 0 Å². The summed E-state index contributed by atoms with van der Waals surface area (Å²) in [6.07, 6.45) is -0.0555. The lowest BCUT2D eigenvalue weighted by Gasteiger charge is -2.15. The first-order valence-electron chi connectivity index (χ1n) is 9.99. The highest BCUT2D eigenvalue weighted by Gasteiger charge is 2.18. The highest BCUT2D eigenvalue weighted by atomic mass is 35.5. The Morgan fingerprint density at radius 1 is 1.06 bits per heavy atom. The van der Waals surface area contributed by atoms with Crippen molar-refractivity contribution in [2.75, 3.05) is 16.9 Å². The van der Waals surface area contributed by atoms with Crippen LogP contribution in [0.2, 0.25) is 0 Å². The van der Waals surface area contributed by atoms with E-state index in [1.165, 1.54) is 12.1 Å². The third-order valence-electron chi connectivity index (χ3n) is 5.10. The van der Waals surface area contributed by atoms with Gasteiger partial charge in [-0.3, -0.25) is 4.79 Å². The molecule has 0 saturated heterocycles. The van der Waals surface area contributed by atoms with Crippen LogP contribution in [0.25, 0.3) is 0 Å². The maximum atomic E-state index is 12.5. The number of phenols is 1. The van der Waals surface area contributed by atoms with Gasteiger partial charge in [-0.15, -0.1) is 12.4 Å². The van der Waals surface area contributed by atoms with E-state index in [2.05, 4.69) is 15.6 Å². The van der Waals surface area contributed by atoms with Gasteiger partial charge >= 0.3 is 0 Å². The Labute approximate surface area is 199 Å². The molecule has 0 atom stereocenters. The normalized spacial score (nSPS) is 10.8. The molecular formula is C23H27ClN4O4S. The topological polar surface area (TPSA) is 134 Å². The van der Waals surface area contributed by atoms with Gasteiger partial charge in [0.2, 0.25) is 5.91 Å². The van der Waals surface area contributed by atoms with Crippen molar-refractivity contribution in [2.45, 2.75) is 31.7 Å². The third-order valence-corrected chi connectivity index (χ3v) is 6.62. The molecule has 33 heavy (non-hydrogen) atoms. The van der Waals surface area contributed by atoms with Crippen molar-refractivity contribution in [2.24, 2.45) is 0 Å². The summed E-state index contributed by atoms with van der Waals surface area (Å²) in [4.78, 5) is 16.9. The van der Waals surface area contributed by atoms with Gasteiger partial charge in [-0.25, -0.2) is 13.4 Å². The number of sulfone groups is 1. The van der Waals surface area contributed by atoms with E-state index in [1.54, 1.807) is 49.4 Å². The Hall–Kier alpha value is -3.30.